The number of amides is 1. The average molecular weight is 321 g/mol. The van der Waals surface area contributed by atoms with Crippen LogP contribution in [0.4, 0.5) is 0 Å². The van der Waals surface area contributed by atoms with Crippen LogP contribution < -0.4 is 0 Å². The van der Waals surface area contributed by atoms with E-state index in [9.17, 15) is 4.79 Å². The second kappa shape index (κ2) is 7.02. The Labute approximate surface area is 131 Å². The van der Waals surface area contributed by atoms with E-state index in [1.807, 2.05) is 18.2 Å². The third-order valence-electron chi connectivity index (χ3n) is 3.17. The molecule has 0 aliphatic carbocycles. The zero-order chi connectivity index (χ0) is 14.5. The Kier molecular flexibility index (Phi) is 4.84. The van der Waals surface area contributed by atoms with Gasteiger partial charge in [-0.1, -0.05) is 34.8 Å². The molecular weight excluding hydrogens is 306 g/mol. The summed E-state index contributed by atoms with van der Waals surface area (Å²) < 4.78 is 10.1. The van der Waals surface area contributed by atoms with Crippen molar-refractivity contribution >= 4 is 29.2 Å². The Morgan fingerprint density at radius 3 is 2.81 bits per heavy atom. The fourth-order valence-corrected chi connectivity index (χ4v) is 3.70. The number of aromatic nitrogens is 2. The van der Waals surface area contributed by atoms with Crippen LogP contribution in [0.5, 0.6) is 0 Å². The molecule has 7 heteroatoms. The first-order chi connectivity index (χ1) is 10.3. The molecule has 0 saturated carbocycles. The fourth-order valence-electron chi connectivity index (χ4n) is 2.05. The predicted molar refractivity (Wildman–Crippen MR) is 82.6 cm³/mol. The van der Waals surface area contributed by atoms with E-state index in [0.29, 0.717) is 32.0 Å². The average Bonchev–Trinajstić information content (AvgIpc) is 3.02. The van der Waals surface area contributed by atoms with Crippen LogP contribution in [-0.4, -0.2) is 46.7 Å². The van der Waals surface area contributed by atoms with Crippen molar-refractivity contribution in [3.05, 3.63) is 41.6 Å². The maximum Gasteiger partial charge on any atom is 0.276 e. The minimum Gasteiger partial charge on any atom is -0.378 e. The maximum absolute atomic E-state index is 12.5. The van der Waals surface area contributed by atoms with Crippen LogP contribution in [-0.2, 0) is 10.5 Å². The number of rotatable bonds is 4. The molecule has 1 aliphatic heterocycles. The smallest absolute Gasteiger partial charge is 0.276 e. The Bertz CT molecular complexity index is 597. The summed E-state index contributed by atoms with van der Waals surface area (Å²) in [5.74, 6) is 0.774. The highest BCUT2D eigenvalue weighted by Crippen LogP contribution is 2.29. The lowest BCUT2D eigenvalue weighted by Crippen LogP contribution is -2.41. The molecular formula is C14H15N3O2S2. The van der Waals surface area contributed by atoms with E-state index >= 15 is 0 Å². The topological polar surface area (TPSA) is 55.3 Å². The van der Waals surface area contributed by atoms with Crippen molar-refractivity contribution in [3.63, 3.8) is 0 Å². The van der Waals surface area contributed by atoms with Gasteiger partial charge in [-0.05, 0) is 17.1 Å². The minimum absolute atomic E-state index is 0.0392. The number of morpholine rings is 1. The lowest BCUT2D eigenvalue weighted by Gasteiger charge is -2.26. The van der Waals surface area contributed by atoms with Gasteiger partial charge in [0.2, 0.25) is 0 Å². The van der Waals surface area contributed by atoms with E-state index in [1.165, 1.54) is 17.1 Å². The zero-order valence-electron chi connectivity index (χ0n) is 11.4. The van der Waals surface area contributed by atoms with Gasteiger partial charge in [-0.25, -0.2) is 0 Å². The second-order valence-corrected chi connectivity index (χ2v) is 6.59. The molecule has 2 aromatic rings. The number of benzene rings is 1. The van der Waals surface area contributed by atoms with Gasteiger partial charge in [0.15, 0.2) is 5.69 Å². The summed E-state index contributed by atoms with van der Waals surface area (Å²) >= 11 is 2.90. The molecule has 21 heavy (non-hydrogen) atoms. The SMILES string of the molecule is O=C(c1nnsc1SCc1ccccc1)N1CCOCC1. The molecule has 0 radical (unpaired) electrons. The van der Waals surface area contributed by atoms with E-state index in [2.05, 4.69) is 21.7 Å². The molecule has 110 valence electrons. The molecule has 1 fully saturated rings. The standard InChI is InChI=1S/C14H15N3O2S2/c18-13(17-6-8-19-9-7-17)12-14(21-16-15-12)20-10-11-4-2-1-3-5-11/h1-5H,6-10H2. The first-order valence-corrected chi connectivity index (χ1v) is 8.46. The van der Waals surface area contributed by atoms with Gasteiger partial charge in [0, 0.05) is 18.8 Å². The summed E-state index contributed by atoms with van der Waals surface area (Å²) in [6, 6.07) is 10.2. The van der Waals surface area contributed by atoms with Gasteiger partial charge in [-0.2, -0.15) is 0 Å². The van der Waals surface area contributed by atoms with Gasteiger partial charge < -0.3 is 9.64 Å². The maximum atomic E-state index is 12.5. The van der Waals surface area contributed by atoms with Crippen LogP contribution in [0, 0.1) is 0 Å². The number of ether oxygens (including phenoxy) is 1. The van der Waals surface area contributed by atoms with E-state index < -0.39 is 0 Å². The second-order valence-electron chi connectivity index (χ2n) is 4.59. The summed E-state index contributed by atoms with van der Waals surface area (Å²) in [5, 5.41) is 4.02. The first kappa shape index (κ1) is 14.5. The van der Waals surface area contributed by atoms with Gasteiger partial charge in [-0.15, -0.1) is 16.9 Å². The van der Waals surface area contributed by atoms with Gasteiger partial charge in [0.25, 0.3) is 5.91 Å². The molecule has 1 amide bonds. The summed E-state index contributed by atoms with van der Waals surface area (Å²) in [6.45, 7) is 2.43. The van der Waals surface area contributed by atoms with Crippen molar-refractivity contribution in [1.82, 2.24) is 14.5 Å². The zero-order valence-corrected chi connectivity index (χ0v) is 13.0. The molecule has 1 aromatic carbocycles. The molecule has 0 atom stereocenters. The lowest BCUT2D eigenvalue weighted by molar-refractivity contribution is 0.0297. The summed E-state index contributed by atoms with van der Waals surface area (Å²) in [7, 11) is 0. The monoisotopic (exact) mass is 321 g/mol. The molecule has 0 unspecified atom stereocenters. The van der Waals surface area contributed by atoms with Crippen molar-refractivity contribution in [3.8, 4) is 0 Å². The first-order valence-electron chi connectivity index (χ1n) is 6.70. The molecule has 3 rings (SSSR count). The van der Waals surface area contributed by atoms with E-state index in [1.54, 1.807) is 16.7 Å². The van der Waals surface area contributed by atoms with E-state index in [4.69, 9.17) is 4.74 Å². The molecule has 0 bridgehead atoms. The van der Waals surface area contributed by atoms with Crippen molar-refractivity contribution in [2.75, 3.05) is 26.3 Å². The summed E-state index contributed by atoms with van der Waals surface area (Å²) in [5.41, 5.74) is 1.70. The van der Waals surface area contributed by atoms with Crippen LogP contribution >= 0.6 is 23.3 Å². The highest BCUT2D eigenvalue weighted by molar-refractivity contribution is 8.00. The molecule has 0 spiro atoms. The molecule has 5 nitrogen and oxygen atoms in total. The minimum atomic E-state index is -0.0392. The fraction of sp³-hybridized carbons (Fsp3) is 0.357. The number of hydrogen-bond donors (Lipinski definition) is 0. The number of carbonyl (C=O) groups is 1. The van der Waals surface area contributed by atoms with Crippen molar-refractivity contribution in [2.24, 2.45) is 0 Å². The molecule has 2 heterocycles. The van der Waals surface area contributed by atoms with Gasteiger partial charge in [0.05, 0.1) is 13.2 Å². The van der Waals surface area contributed by atoms with Gasteiger partial charge in [-0.3, -0.25) is 4.79 Å². The Hall–Kier alpha value is -1.44. The van der Waals surface area contributed by atoms with Crippen LogP contribution in [0.1, 0.15) is 16.1 Å². The summed E-state index contributed by atoms with van der Waals surface area (Å²) in [6.07, 6.45) is 0. The van der Waals surface area contributed by atoms with E-state index in [-0.39, 0.29) is 5.91 Å². The lowest BCUT2D eigenvalue weighted by atomic mass is 10.2. The van der Waals surface area contributed by atoms with Crippen molar-refractivity contribution in [1.29, 1.82) is 0 Å². The quantitative estimate of drug-likeness (QED) is 0.809. The van der Waals surface area contributed by atoms with Gasteiger partial charge in [0.1, 0.15) is 4.21 Å². The molecule has 1 aliphatic rings. The summed E-state index contributed by atoms with van der Waals surface area (Å²) in [4.78, 5) is 14.2. The molecule has 0 N–H and O–H groups in total. The van der Waals surface area contributed by atoms with Crippen LogP contribution in [0.3, 0.4) is 0 Å². The van der Waals surface area contributed by atoms with Crippen LogP contribution in [0.15, 0.2) is 34.5 Å². The Morgan fingerprint density at radius 1 is 1.29 bits per heavy atom. The number of nitrogens with zero attached hydrogens (tertiary/aromatic N) is 3. The van der Waals surface area contributed by atoms with Gasteiger partial charge >= 0.3 is 0 Å². The highest BCUT2D eigenvalue weighted by Gasteiger charge is 2.24. The normalized spacial score (nSPS) is 15.1. The number of carbonyl (C=O) groups excluding carboxylic acids is 1. The largest absolute Gasteiger partial charge is 0.378 e. The van der Waals surface area contributed by atoms with Crippen molar-refractivity contribution in [2.45, 2.75) is 9.96 Å². The highest BCUT2D eigenvalue weighted by atomic mass is 32.2. The Morgan fingerprint density at radius 2 is 2.05 bits per heavy atom. The van der Waals surface area contributed by atoms with E-state index in [0.717, 1.165) is 9.96 Å². The van der Waals surface area contributed by atoms with Crippen molar-refractivity contribution < 1.29 is 9.53 Å². The number of hydrogen-bond acceptors (Lipinski definition) is 6. The third kappa shape index (κ3) is 3.61. The third-order valence-corrected chi connectivity index (χ3v) is 5.20. The molecule has 1 saturated heterocycles. The predicted octanol–water partition coefficient (Wildman–Crippen LogP) is 2.30. The molecule has 1 aromatic heterocycles. The van der Waals surface area contributed by atoms with Crippen LogP contribution in [0.2, 0.25) is 0 Å². The number of thioether (sulfide) groups is 1. The van der Waals surface area contributed by atoms with Crippen LogP contribution in [0.25, 0.3) is 0 Å². The Balaban J connectivity index is 1.67.